The van der Waals surface area contributed by atoms with Gasteiger partial charge in [0.05, 0.1) is 17.3 Å². The number of benzene rings is 2. The Hall–Kier alpha value is -4.68. The van der Waals surface area contributed by atoms with Crippen molar-refractivity contribution in [1.82, 2.24) is 20.1 Å². The molecule has 0 bridgehead atoms. The number of nitrogens with two attached hydrogens (primary N) is 1. The smallest absolute Gasteiger partial charge is 0.366 e. The van der Waals surface area contributed by atoms with Crippen molar-refractivity contribution in [1.29, 1.82) is 0 Å². The van der Waals surface area contributed by atoms with Crippen molar-refractivity contribution in [3.05, 3.63) is 106 Å². The van der Waals surface area contributed by atoms with Crippen LogP contribution in [0, 0.1) is 23.4 Å². The van der Waals surface area contributed by atoms with Crippen LogP contribution in [-0.2, 0) is 30.4 Å². The summed E-state index contributed by atoms with van der Waals surface area (Å²) >= 11 is 0. The van der Waals surface area contributed by atoms with E-state index in [2.05, 4.69) is 15.4 Å². The van der Waals surface area contributed by atoms with Crippen LogP contribution >= 0.6 is 0 Å². The number of hydrogen-bond donors (Lipinski definition) is 2. The first-order chi connectivity index (χ1) is 20.2. The van der Waals surface area contributed by atoms with Crippen molar-refractivity contribution >= 4 is 11.8 Å². The van der Waals surface area contributed by atoms with Gasteiger partial charge >= 0.3 is 6.18 Å². The lowest BCUT2D eigenvalue weighted by atomic mass is 9.94. The predicted molar refractivity (Wildman–Crippen MR) is 145 cm³/mol. The molecular weight excluding hydrogens is 576 g/mol. The Balaban J connectivity index is 1.74. The topological polar surface area (TPSA) is 103 Å². The molecule has 4 rings (SSSR count). The minimum Gasteiger partial charge on any atom is -0.366 e. The van der Waals surface area contributed by atoms with Crippen LogP contribution in [0.1, 0.15) is 52.9 Å². The molecule has 2 aromatic carbocycles. The van der Waals surface area contributed by atoms with Gasteiger partial charge in [0.25, 0.3) is 5.91 Å². The van der Waals surface area contributed by atoms with Crippen LogP contribution in [0.4, 0.5) is 26.3 Å². The standard InChI is InChI=1S/C30H27F6N5O2/c1-16(2)8-21-14-26(30(34,35)36)40-41(21)15-27(42)39-25(11-17-9-19(31)13-20(32)10-17)28-22(4-3-7-38-28)18-5-6-24(33)23(12-18)29(37)43/h3-7,9-10,12-14,16,25H,8,11,15H2,1-2H3,(H2,37,43)(H,39,42)/t25-/m0/s1. The predicted octanol–water partition coefficient (Wildman–Crippen LogP) is 5.78. The SMILES string of the molecule is CC(C)Cc1cc(C(F)(F)F)nn1CC(=O)N[C@@H](Cc1cc(F)cc(F)c1)c1ncccc1-c1ccc(F)c(C(N)=O)c1. The summed E-state index contributed by atoms with van der Waals surface area (Å²) in [6.07, 6.45) is -3.29. The molecule has 226 valence electrons. The molecule has 0 saturated carbocycles. The molecule has 0 fully saturated rings. The van der Waals surface area contributed by atoms with Crippen molar-refractivity contribution in [3.8, 4) is 11.1 Å². The molecule has 4 aromatic rings. The van der Waals surface area contributed by atoms with E-state index >= 15 is 0 Å². The maximum atomic E-state index is 14.2. The fourth-order valence-electron chi connectivity index (χ4n) is 4.69. The maximum absolute atomic E-state index is 14.2. The second kappa shape index (κ2) is 12.7. The molecule has 7 nitrogen and oxygen atoms in total. The van der Waals surface area contributed by atoms with Crippen LogP contribution < -0.4 is 11.1 Å². The Labute approximate surface area is 242 Å². The Morgan fingerprint density at radius 3 is 2.30 bits per heavy atom. The third-order valence-corrected chi connectivity index (χ3v) is 6.47. The van der Waals surface area contributed by atoms with Crippen molar-refractivity contribution in [2.75, 3.05) is 0 Å². The van der Waals surface area contributed by atoms with Gasteiger partial charge in [-0.15, -0.1) is 0 Å². The third kappa shape index (κ3) is 7.79. The monoisotopic (exact) mass is 603 g/mol. The summed E-state index contributed by atoms with van der Waals surface area (Å²) in [5.41, 5.74) is 4.94. The highest BCUT2D eigenvalue weighted by Gasteiger charge is 2.35. The molecule has 2 heterocycles. The van der Waals surface area contributed by atoms with Gasteiger partial charge < -0.3 is 11.1 Å². The second-order valence-electron chi connectivity index (χ2n) is 10.4. The third-order valence-electron chi connectivity index (χ3n) is 6.47. The fourth-order valence-corrected chi connectivity index (χ4v) is 4.69. The molecule has 3 N–H and O–H groups in total. The van der Waals surface area contributed by atoms with Crippen molar-refractivity contribution in [2.45, 2.75) is 45.5 Å². The number of carbonyl (C=O) groups excluding carboxylic acids is 2. The van der Waals surface area contributed by atoms with Crippen LogP contribution in [0.2, 0.25) is 0 Å². The van der Waals surface area contributed by atoms with Gasteiger partial charge in [-0.05, 0) is 66.3 Å². The number of alkyl halides is 3. The average molecular weight is 604 g/mol. The summed E-state index contributed by atoms with van der Waals surface area (Å²) in [4.78, 5) is 29.4. The van der Waals surface area contributed by atoms with Gasteiger partial charge in [-0.3, -0.25) is 19.3 Å². The number of carbonyl (C=O) groups is 2. The van der Waals surface area contributed by atoms with E-state index in [0.29, 0.717) is 17.2 Å². The van der Waals surface area contributed by atoms with E-state index in [0.717, 1.165) is 28.9 Å². The first-order valence-electron chi connectivity index (χ1n) is 13.1. The minimum absolute atomic E-state index is 0.0349. The van der Waals surface area contributed by atoms with Gasteiger partial charge in [0.1, 0.15) is 24.0 Å². The molecule has 13 heteroatoms. The van der Waals surface area contributed by atoms with E-state index in [9.17, 15) is 35.9 Å². The first-order valence-corrected chi connectivity index (χ1v) is 13.1. The van der Waals surface area contributed by atoms with Gasteiger partial charge in [-0.1, -0.05) is 26.0 Å². The number of rotatable bonds is 10. The molecule has 0 spiro atoms. The number of hydrogen-bond acceptors (Lipinski definition) is 4. The largest absolute Gasteiger partial charge is 0.435 e. The van der Waals surface area contributed by atoms with Gasteiger partial charge in [-0.2, -0.15) is 18.3 Å². The molecule has 1 atom stereocenters. The van der Waals surface area contributed by atoms with Crippen molar-refractivity contribution in [3.63, 3.8) is 0 Å². The van der Waals surface area contributed by atoms with E-state index in [1.807, 2.05) is 0 Å². The maximum Gasteiger partial charge on any atom is 0.435 e. The molecule has 2 amide bonds. The average Bonchev–Trinajstić information content (AvgIpc) is 3.29. The van der Waals surface area contributed by atoms with Crippen LogP contribution in [0.25, 0.3) is 11.1 Å². The molecule has 0 unspecified atom stereocenters. The molecule has 0 aliphatic heterocycles. The number of pyridine rings is 1. The van der Waals surface area contributed by atoms with Gasteiger partial charge in [0, 0.05) is 23.5 Å². The molecule has 0 aliphatic rings. The number of amides is 2. The summed E-state index contributed by atoms with van der Waals surface area (Å²) in [7, 11) is 0. The quantitative estimate of drug-likeness (QED) is 0.225. The van der Waals surface area contributed by atoms with Crippen LogP contribution in [0.3, 0.4) is 0 Å². The Bertz CT molecular complexity index is 1630. The van der Waals surface area contributed by atoms with Crippen molar-refractivity contribution < 1.29 is 35.9 Å². The summed E-state index contributed by atoms with van der Waals surface area (Å²) in [6.45, 7) is 3.03. The number of nitrogens with one attached hydrogen (secondary N) is 1. The zero-order valence-corrected chi connectivity index (χ0v) is 23.1. The highest BCUT2D eigenvalue weighted by atomic mass is 19.4. The van der Waals surface area contributed by atoms with E-state index in [1.165, 1.54) is 18.3 Å². The van der Waals surface area contributed by atoms with E-state index < -0.39 is 59.3 Å². The van der Waals surface area contributed by atoms with Crippen LogP contribution in [-0.4, -0.2) is 26.6 Å². The minimum atomic E-state index is -4.72. The second-order valence-corrected chi connectivity index (χ2v) is 10.4. The highest BCUT2D eigenvalue weighted by molar-refractivity contribution is 5.94. The molecule has 0 aliphatic carbocycles. The molecule has 0 saturated heterocycles. The highest BCUT2D eigenvalue weighted by Crippen LogP contribution is 2.31. The Morgan fingerprint density at radius 2 is 1.67 bits per heavy atom. The zero-order chi connectivity index (χ0) is 31.5. The molecular formula is C30H27F6N5O2. The first kappa shape index (κ1) is 31.3. The number of aromatic nitrogens is 3. The fraction of sp³-hybridized carbons (Fsp3) is 0.267. The van der Waals surface area contributed by atoms with Gasteiger partial charge in [-0.25, -0.2) is 13.2 Å². The Kier molecular flexibility index (Phi) is 9.22. The lowest BCUT2D eigenvalue weighted by Crippen LogP contribution is -2.34. The summed E-state index contributed by atoms with van der Waals surface area (Å²) in [6, 6.07) is 9.37. The van der Waals surface area contributed by atoms with Crippen LogP contribution in [0.5, 0.6) is 0 Å². The summed E-state index contributed by atoms with van der Waals surface area (Å²) in [5.74, 6) is -4.37. The normalized spacial score (nSPS) is 12.4. The molecule has 0 radical (unpaired) electrons. The van der Waals surface area contributed by atoms with E-state index in [-0.39, 0.29) is 35.7 Å². The molecule has 2 aromatic heterocycles. The summed E-state index contributed by atoms with van der Waals surface area (Å²) < 4.78 is 83.5. The summed E-state index contributed by atoms with van der Waals surface area (Å²) in [5, 5.41) is 6.30. The number of halogens is 6. The Morgan fingerprint density at radius 1 is 0.977 bits per heavy atom. The number of primary amides is 1. The molecule has 43 heavy (non-hydrogen) atoms. The van der Waals surface area contributed by atoms with Gasteiger partial charge in [0.2, 0.25) is 5.91 Å². The van der Waals surface area contributed by atoms with Gasteiger partial charge in [0.15, 0.2) is 5.69 Å². The zero-order valence-electron chi connectivity index (χ0n) is 23.1. The van der Waals surface area contributed by atoms with Crippen LogP contribution in [0.15, 0.2) is 60.8 Å². The van der Waals surface area contributed by atoms with E-state index in [4.69, 9.17) is 5.73 Å². The lowest BCUT2D eigenvalue weighted by Gasteiger charge is -2.22. The van der Waals surface area contributed by atoms with Crippen molar-refractivity contribution in [2.24, 2.45) is 11.7 Å². The van der Waals surface area contributed by atoms with E-state index in [1.54, 1.807) is 26.0 Å². The number of nitrogens with zero attached hydrogens (tertiary/aromatic N) is 3. The lowest BCUT2D eigenvalue weighted by molar-refractivity contribution is -0.141.